The predicted octanol–water partition coefficient (Wildman–Crippen LogP) is 2.97. The van der Waals surface area contributed by atoms with E-state index >= 15 is 0 Å². The Morgan fingerprint density at radius 2 is 1.60 bits per heavy atom. The Hall–Kier alpha value is -2.34. The molecule has 1 saturated heterocycles. The maximum Gasteiger partial charge on any atom is 0.315 e. The molecule has 0 radical (unpaired) electrons. The van der Waals surface area contributed by atoms with Gasteiger partial charge in [0.1, 0.15) is 12.1 Å². The summed E-state index contributed by atoms with van der Waals surface area (Å²) >= 11 is 1.72. The standard InChI is InChI=1S/C31H54N6O5S/c1-6-43-36(5)19-23(21-14-8-7-9-15-21)34-30(42)35-26(31(2,3)4)29(41)37-17-11-16-24(37)28(40)33-22(25(38)27(32)39)18-20-12-10-13-20/h20-24,26H,6-19H2,1-5H3,(H2,32,39)(H,33,40)(H2,34,35,42). The summed E-state index contributed by atoms with van der Waals surface area (Å²) in [5.41, 5.74) is 4.66. The molecule has 3 aliphatic rings. The van der Waals surface area contributed by atoms with Gasteiger partial charge in [-0.2, -0.15) is 0 Å². The number of hydrogen-bond acceptors (Lipinski definition) is 7. The maximum absolute atomic E-state index is 14.0. The Labute approximate surface area is 261 Å². The van der Waals surface area contributed by atoms with Gasteiger partial charge >= 0.3 is 6.03 Å². The first-order chi connectivity index (χ1) is 20.3. The summed E-state index contributed by atoms with van der Waals surface area (Å²) in [5.74, 6) is -1.08. The lowest BCUT2D eigenvalue weighted by Gasteiger charge is -2.37. The summed E-state index contributed by atoms with van der Waals surface area (Å²) in [6.45, 7) is 8.87. The first kappa shape index (κ1) is 35.1. The molecule has 3 fully saturated rings. The number of Topliss-reactive ketones (excluding diaryl/α,β-unsaturated/α-hetero) is 1. The second-order valence-corrected chi connectivity index (χ2v) is 15.1. The zero-order valence-corrected chi connectivity index (χ0v) is 27.6. The van der Waals surface area contributed by atoms with Crippen LogP contribution in [0.15, 0.2) is 0 Å². The van der Waals surface area contributed by atoms with Crippen molar-refractivity contribution in [1.82, 2.24) is 25.2 Å². The van der Waals surface area contributed by atoms with Crippen molar-refractivity contribution in [2.75, 3.05) is 25.9 Å². The van der Waals surface area contributed by atoms with Crippen LogP contribution in [-0.4, -0.2) is 88.8 Å². The Kier molecular flexibility index (Phi) is 13.2. The minimum absolute atomic E-state index is 0.0409. The van der Waals surface area contributed by atoms with Gasteiger partial charge in [0, 0.05) is 24.9 Å². The van der Waals surface area contributed by atoms with Crippen LogP contribution in [0.2, 0.25) is 0 Å². The van der Waals surface area contributed by atoms with Crippen molar-refractivity contribution < 1.29 is 24.0 Å². The fraction of sp³-hybridized carbons (Fsp3) is 0.839. The summed E-state index contributed by atoms with van der Waals surface area (Å²) in [6, 6.07) is -3.07. The molecule has 11 nitrogen and oxygen atoms in total. The van der Waals surface area contributed by atoms with Gasteiger partial charge in [0.05, 0.1) is 6.04 Å². The molecule has 0 aromatic rings. The second kappa shape index (κ2) is 16.1. The van der Waals surface area contributed by atoms with Crippen molar-refractivity contribution in [1.29, 1.82) is 0 Å². The average Bonchev–Trinajstić information content (AvgIpc) is 3.42. The monoisotopic (exact) mass is 622 g/mol. The highest BCUT2D eigenvalue weighted by molar-refractivity contribution is 7.96. The van der Waals surface area contributed by atoms with E-state index in [4.69, 9.17) is 5.73 Å². The van der Waals surface area contributed by atoms with E-state index < -0.39 is 41.1 Å². The molecule has 4 unspecified atom stereocenters. The summed E-state index contributed by atoms with van der Waals surface area (Å²) in [7, 11) is 2.04. The van der Waals surface area contributed by atoms with Gasteiger partial charge < -0.3 is 26.6 Å². The van der Waals surface area contributed by atoms with Gasteiger partial charge in [-0.3, -0.25) is 23.5 Å². The Morgan fingerprint density at radius 3 is 2.16 bits per heavy atom. The van der Waals surface area contributed by atoms with E-state index in [-0.39, 0.29) is 23.9 Å². The zero-order valence-electron chi connectivity index (χ0n) is 26.8. The minimum atomic E-state index is -1.07. The number of amides is 5. The molecule has 1 heterocycles. The molecule has 1 aliphatic heterocycles. The number of carbonyl (C=O) groups excluding carboxylic acids is 5. The lowest BCUT2D eigenvalue weighted by molar-refractivity contribution is -0.143. The summed E-state index contributed by atoms with van der Waals surface area (Å²) in [4.78, 5) is 66.6. The minimum Gasteiger partial charge on any atom is -0.363 e. The van der Waals surface area contributed by atoms with Gasteiger partial charge in [-0.05, 0) is 56.4 Å². The van der Waals surface area contributed by atoms with Crippen LogP contribution in [0.4, 0.5) is 4.79 Å². The second-order valence-electron chi connectivity index (χ2n) is 13.7. The fourth-order valence-electron chi connectivity index (χ4n) is 6.59. The van der Waals surface area contributed by atoms with Crippen molar-refractivity contribution in [3.63, 3.8) is 0 Å². The van der Waals surface area contributed by atoms with Crippen molar-refractivity contribution in [3.05, 3.63) is 0 Å². The molecule has 5 amide bonds. The van der Waals surface area contributed by atoms with Crippen LogP contribution in [-0.2, 0) is 19.2 Å². The summed E-state index contributed by atoms with van der Waals surface area (Å²) in [6.07, 6.45) is 10.1. The van der Waals surface area contributed by atoms with Gasteiger partial charge in [0.15, 0.2) is 0 Å². The predicted molar refractivity (Wildman–Crippen MR) is 169 cm³/mol. The van der Waals surface area contributed by atoms with E-state index in [0.717, 1.165) is 50.7 Å². The number of nitrogens with one attached hydrogen (secondary N) is 3. The van der Waals surface area contributed by atoms with Crippen LogP contribution < -0.4 is 21.7 Å². The number of ketones is 1. The summed E-state index contributed by atoms with van der Waals surface area (Å²) < 4.78 is 2.17. The largest absolute Gasteiger partial charge is 0.363 e. The number of carbonyl (C=O) groups is 5. The molecule has 0 bridgehead atoms. The normalized spacial score (nSPS) is 21.9. The SMILES string of the molecule is CCSN(C)CC(NC(=O)NC(C(=O)N1CCCC1C(=O)NC(CC1CCC1)C(=O)C(N)=O)C(C)(C)C)C1CCCCC1. The first-order valence-electron chi connectivity index (χ1n) is 16.2. The first-order valence-corrected chi connectivity index (χ1v) is 17.1. The van der Waals surface area contributed by atoms with E-state index in [1.807, 2.05) is 27.8 Å². The number of primary amides is 1. The smallest absolute Gasteiger partial charge is 0.315 e. The third-order valence-electron chi connectivity index (χ3n) is 9.24. The van der Waals surface area contributed by atoms with E-state index in [9.17, 15) is 24.0 Å². The summed E-state index contributed by atoms with van der Waals surface area (Å²) in [5, 5.41) is 8.91. The molecule has 5 N–H and O–H groups in total. The maximum atomic E-state index is 14.0. The lowest BCUT2D eigenvalue weighted by atomic mass is 9.80. The number of nitrogens with two attached hydrogens (primary N) is 1. The number of rotatable bonds is 14. The van der Waals surface area contributed by atoms with Crippen LogP contribution >= 0.6 is 11.9 Å². The number of hydrogen-bond donors (Lipinski definition) is 4. The molecule has 2 saturated carbocycles. The van der Waals surface area contributed by atoms with Gasteiger partial charge in [0.2, 0.25) is 17.6 Å². The van der Waals surface area contributed by atoms with Gasteiger partial charge in [0.25, 0.3) is 5.91 Å². The van der Waals surface area contributed by atoms with E-state index in [1.165, 1.54) is 11.3 Å². The van der Waals surface area contributed by atoms with Gasteiger partial charge in [-0.25, -0.2) is 4.79 Å². The number of likely N-dealkylation sites (N-methyl/N-ethyl adjacent to an activating group) is 1. The molecule has 244 valence electrons. The fourth-order valence-corrected chi connectivity index (χ4v) is 7.30. The molecule has 0 spiro atoms. The van der Waals surface area contributed by atoms with Gasteiger partial charge in [-0.15, -0.1) is 0 Å². The lowest BCUT2D eigenvalue weighted by Crippen LogP contribution is -2.61. The van der Waals surface area contributed by atoms with E-state index in [0.29, 0.717) is 38.3 Å². The van der Waals surface area contributed by atoms with Crippen LogP contribution in [0, 0.1) is 17.3 Å². The van der Waals surface area contributed by atoms with Crippen molar-refractivity contribution in [3.8, 4) is 0 Å². The number of likely N-dealkylation sites (tertiary alicyclic amines) is 1. The van der Waals surface area contributed by atoms with E-state index in [1.54, 1.807) is 11.9 Å². The molecular formula is C31H54N6O5S. The molecular weight excluding hydrogens is 568 g/mol. The highest BCUT2D eigenvalue weighted by atomic mass is 32.2. The molecule has 43 heavy (non-hydrogen) atoms. The average molecular weight is 623 g/mol. The Bertz CT molecular complexity index is 994. The molecule has 4 atom stereocenters. The third kappa shape index (κ3) is 10.1. The highest BCUT2D eigenvalue weighted by Gasteiger charge is 2.43. The molecule has 12 heteroatoms. The van der Waals surface area contributed by atoms with Crippen molar-refractivity contribution >= 4 is 41.5 Å². The molecule has 0 aromatic carbocycles. The molecule has 3 rings (SSSR count). The Morgan fingerprint density at radius 1 is 0.930 bits per heavy atom. The number of nitrogens with zero attached hydrogens (tertiary/aromatic N) is 2. The van der Waals surface area contributed by atoms with Crippen molar-refractivity contribution in [2.24, 2.45) is 23.0 Å². The van der Waals surface area contributed by atoms with Crippen LogP contribution in [0.25, 0.3) is 0 Å². The van der Waals surface area contributed by atoms with Gasteiger partial charge in [-0.1, -0.05) is 78.2 Å². The van der Waals surface area contributed by atoms with Crippen LogP contribution in [0.5, 0.6) is 0 Å². The quantitative estimate of drug-likeness (QED) is 0.172. The topological polar surface area (TPSA) is 154 Å². The zero-order chi connectivity index (χ0) is 31.7. The van der Waals surface area contributed by atoms with Crippen molar-refractivity contribution in [2.45, 2.75) is 122 Å². The van der Waals surface area contributed by atoms with Crippen LogP contribution in [0.1, 0.15) is 98.3 Å². The highest BCUT2D eigenvalue weighted by Crippen LogP contribution is 2.31. The Balaban J connectivity index is 1.70. The number of urea groups is 1. The van der Waals surface area contributed by atoms with E-state index in [2.05, 4.69) is 27.2 Å². The van der Waals surface area contributed by atoms with Crippen LogP contribution in [0.3, 0.4) is 0 Å². The molecule has 2 aliphatic carbocycles. The molecule has 0 aromatic heterocycles. The third-order valence-corrected chi connectivity index (χ3v) is 10.1.